The summed E-state index contributed by atoms with van der Waals surface area (Å²) in [5, 5.41) is 3.13. The Morgan fingerprint density at radius 1 is 0.944 bits per heavy atom. The molecule has 8 heteroatoms. The molecule has 0 aromatic heterocycles. The molecule has 1 heterocycles. The van der Waals surface area contributed by atoms with Crippen molar-refractivity contribution in [1.82, 2.24) is 0 Å². The van der Waals surface area contributed by atoms with E-state index in [4.69, 9.17) is 0 Å². The Morgan fingerprint density at radius 3 is 2.31 bits per heavy atom. The summed E-state index contributed by atoms with van der Waals surface area (Å²) in [5.41, 5.74) is 2.31. The fraction of sp³-hybridized carbons (Fsp3) is 0.214. The highest BCUT2D eigenvalue weighted by Gasteiger charge is 2.50. The van der Waals surface area contributed by atoms with E-state index in [0.29, 0.717) is 17.0 Å². The minimum Gasteiger partial charge on any atom is -0.357 e. The van der Waals surface area contributed by atoms with E-state index in [1.54, 1.807) is 12.1 Å². The molecule has 2 aliphatic rings. The molecule has 1 amide bonds. The molecule has 0 bridgehead atoms. The second kappa shape index (κ2) is 8.93. The van der Waals surface area contributed by atoms with Gasteiger partial charge in [0.25, 0.3) is 0 Å². The number of aryl methyl sites for hydroxylation is 1. The van der Waals surface area contributed by atoms with Crippen LogP contribution < -0.4 is 10.2 Å². The van der Waals surface area contributed by atoms with Gasteiger partial charge in [0.05, 0.1) is 17.4 Å². The van der Waals surface area contributed by atoms with Gasteiger partial charge >= 0.3 is 12.1 Å². The molecule has 184 valence electrons. The first-order chi connectivity index (χ1) is 17.1. The van der Waals surface area contributed by atoms with Crippen LogP contribution in [0.15, 0.2) is 84.1 Å². The van der Waals surface area contributed by atoms with Crippen LogP contribution in [-0.4, -0.2) is 17.9 Å². The minimum atomic E-state index is -5.25. The molecule has 0 saturated carbocycles. The largest absolute Gasteiger partial charge is 0.471 e. The summed E-state index contributed by atoms with van der Waals surface area (Å²) in [7, 11) is 0. The van der Waals surface area contributed by atoms with Gasteiger partial charge in [0.2, 0.25) is 0 Å². The van der Waals surface area contributed by atoms with Crippen molar-refractivity contribution in [1.29, 1.82) is 0 Å². The van der Waals surface area contributed by atoms with Gasteiger partial charge in [0, 0.05) is 23.3 Å². The SMILES string of the molecule is Cc1ccc([C@@H]2CC(=O)C3=C(C2)Nc2ccccc2N(C(=O)C(F)(F)F)[C@@H]3c2ccccc2F)cc1. The molecule has 0 unspecified atom stereocenters. The highest BCUT2D eigenvalue weighted by molar-refractivity contribution is 6.07. The van der Waals surface area contributed by atoms with Crippen molar-refractivity contribution < 1.29 is 27.2 Å². The first-order valence-electron chi connectivity index (χ1n) is 11.5. The molecule has 1 aliphatic heterocycles. The van der Waals surface area contributed by atoms with Crippen molar-refractivity contribution in [3.8, 4) is 0 Å². The second-order valence-corrected chi connectivity index (χ2v) is 9.07. The number of allylic oxidation sites excluding steroid dienone is 1. The maximum absolute atomic E-state index is 15.1. The fourth-order valence-corrected chi connectivity index (χ4v) is 5.02. The van der Waals surface area contributed by atoms with Gasteiger partial charge in [0.15, 0.2) is 5.78 Å². The van der Waals surface area contributed by atoms with Gasteiger partial charge in [-0.25, -0.2) is 4.39 Å². The van der Waals surface area contributed by atoms with E-state index in [2.05, 4.69) is 5.32 Å². The lowest BCUT2D eigenvalue weighted by molar-refractivity contribution is -0.170. The summed E-state index contributed by atoms with van der Waals surface area (Å²) in [6.07, 6.45) is -4.90. The molecule has 0 radical (unpaired) electrons. The number of fused-ring (bicyclic) bond motifs is 1. The van der Waals surface area contributed by atoms with Gasteiger partial charge in [-0.3, -0.25) is 14.5 Å². The topological polar surface area (TPSA) is 49.4 Å². The molecular weight excluding hydrogens is 472 g/mol. The molecule has 1 aliphatic carbocycles. The highest BCUT2D eigenvalue weighted by Crippen LogP contribution is 2.48. The number of hydrogen-bond acceptors (Lipinski definition) is 3. The average molecular weight is 494 g/mol. The lowest BCUT2D eigenvalue weighted by Gasteiger charge is -2.35. The van der Waals surface area contributed by atoms with E-state index in [0.717, 1.165) is 17.2 Å². The number of anilines is 2. The van der Waals surface area contributed by atoms with Crippen LogP contribution in [0.25, 0.3) is 0 Å². The number of rotatable bonds is 2. The Morgan fingerprint density at radius 2 is 1.61 bits per heavy atom. The molecular formula is C28H22F4N2O2. The molecule has 0 spiro atoms. The molecule has 0 saturated heterocycles. The number of halogens is 4. The Labute approximate surface area is 205 Å². The van der Waals surface area contributed by atoms with E-state index in [9.17, 15) is 22.8 Å². The third-order valence-corrected chi connectivity index (χ3v) is 6.70. The maximum atomic E-state index is 15.1. The number of alkyl halides is 3. The van der Waals surface area contributed by atoms with Crippen LogP contribution in [0, 0.1) is 12.7 Å². The van der Waals surface area contributed by atoms with Crippen LogP contribution in [0.2, 0.25) is 0 Å². The molecule has 2 atom stereocenters. The first-order valence-corrected chi connectivity index (χ1v) is 11.5. The van der Waals surface area contributed by atoms with Crippen molar-refractivity contribution in [2.24, 2.45) is 0 Å². The normalized spacial score (nSPS) is 19.8. The number of benzene rings is 3. The molecule has 1 N–H and O–H groups in total. The van der Waals surface area contributed by atoms with E-state index in [1.807, 2.05) is 31.2 Å². The summed E-state index contributed by atoms with van der Waals surface area (Å²) < 4.78 is 56.8. The van der Waals surface area contributed by atoms with Gasteiger partial charge in [-0.1, -0.05) is 60.2 Å². The van der Waals surface area contributed by atoms with Crippen LogP contribution in [0.5, 0.6) is 0 Å². The third kappa shape index (κ3) is 4.17. The van der Waals surface area contributed by atoms with Gasteiger partial charge in [-0.05, 0) is 43.0 Å². The van der Waals surface area contributed by atoms with E-state index in [1.165, 1.54) is 30.3 Å². The standard InChI is InChI=1S/C28H22F4N2O2/c1-16-10-12-17(13-11-16)18-14-22-25(24(35)15-18)26(19-6-2-3-7-20(19)29)34(27(36)28(30,31)32)23-9-5-4-8-21(23)33-22/h2-13,18,26,33H,14-15H2,1H3/t18-,26+/m0/s1. The number of carbonyl (C=O) groups excluding carboxylic acids is 2. The zero-order chi connectivity index (χ0) is 25.6. The Balaban J connectivity index is 1.74. The molecule has 3 aromatic rings. The summed E-state index contributed by atoms with van der Waals surface area (Å²) in [6.45, 7) is 1.95. The predicted molar refractivity (Wildman–Crippen MR) is 128 cm³/mol. The Bertz CT molecular complexity index is 1380. The van der Waals surface area contributed by atoms with Crippen molar-refractivity contribution in [2.75, 3.05) is 10.2 Å². The number of hydrogen-bond donors (Lipinski definition) is 1. The Hall–Kier alpha value is -3.94. The smallest absolute Gasteiger partial charge is 0.357 e. The number of nitrogens with one attached hydrogen (secondary N) is 1. The molecule has 5 rings (SSSR count). The molecule has 0 fully saturated rings. The third-order valence-electron chi connectivity index (χ3n) is 6.70. The molecule has 3 aromatic carbocycles. The van der Waals surface area contributed by atoms with Crippen LogP contribution in [-0.2, 0) is 9.59 Å². The van der Waals surface area contributed by atoms with Crippen LogP contribution >= 0.6 is 0 Å². The Kier molecular flexibility index (Phi) is 5.90. The number of amides is 1. The van der Waals surface area contributed by atoms with E-state index in [-0.39, 0.29) is 34.9 Å². The van der Waals surface area contributed by atoms with Crippen molar-refractivity contribution in [3.05, 3.63) is 107 Å². The summed E-state index contributed by atoms with van der Waals surface area (Å²) in [6, 6.07) is 17.5. The summed E-state index contributed by atoms with van der Waals surface area (Å²) in [5.74, 6) is -3.63. The van der Waals surface area contributed by atoms with Crippen LogP contribution in [0.1, 0.15) is 41.5 Å². The predicted octanol–water partition coefficient (Wildman–Crippen LogP) is 6.60. The van der Waals surface area contributed by atoms with Gasteiger partial charge in [-0.2, -0.15) is 13.2 Å². The van der Waals surface area contributed by atoms with E-state index < -0.39 is 29.7 Å². The monoisotopic (exact) mass is 494 g/mol. The number of ketones is 1. The maximum Gasteiger partial charge on any atom is 0.471 e. The number of nitrogens with zero attached hydrogens (tertiary/aromatic N) is 1. The average Bonchev–Trinajstić information content (AvgIpc) is 2.98. The summed E-state index contributed by atoms with van der Waals surface area (Å²) >= 11 is 0. The molecule has 36 heavy (non-hydrogen) atoms. The lowest BCUT2D eigenvalue weighted by atomic mass is 9.78. The quantitative estimate of drug-likeness (QED) is 0.409. The fourth-order valence-electron chi connectivity index (χ4n) is 5.02. The number of Topliss-reactive ketones (excluding diaryl/α,β-unsaturated/α-hetero) is 1. The zero-order valence-electron chi connectivity index (χ0n) is 19.3. The summed E-state index contributed by atoms with van der Waals surface area (Å²) in [4.78, 5) is 27.0. The van der Waals surface area contributed by atoms with Gasteiger partial charge < -0.3 is 5.32 Å². The number of para-hydroxylation sites is 2. The van der Waals surface area contributed by atoms with Crippen LogP contribution in [0.3, 0.4) is 0 Å². The van der Waals surface area contributed by atoms with E-state index >= 15 is 4.39 Å². The van der Waals surface area contributed by atoms with Gasteiger partial charge in [0.1, 0.15) is 5.82 Å². The minimum absolute atomic E-state index is 0.0267. The zero-order valence-corrected chi connectivity index (χ0v) is 19.3. The highest BCUT2D eigenvalue weighted by atomic mass is 19.4. The van der Waals surface area contributed by atoms with Gasteiger partial charge in [-0.15, -0.1) is 0 Å². The van der Waals surface area contributed by atoms with Crippen LogP contribution in [0.4, 0.5) is 28.9 Å². The number of carbonyl (C=O) groups is 2. The van der Waals surface area contributed by atoms with Crippen molar-refractivity contribution >= 4 is 23.1 Å². The second-order valence-electron chi connectivity index (χ2n) is 9.07. The van der Waals surface area contributed by atoms with Crippen molar-refractivity contribution in [3.63, 3.8) is 0 Å². The first kappa shape index (κ1) is 23.8. The molecule has 4 nitrogen and oxygen atoms in total. The lowest BCUT2D eigenvalue weighted by Crippen LogP contribution is -2.45. The van der Waals surface area contributed by atoms with Crippen molar-refractivity contribution in [2.45, 2.75) is 37.9 Å².